The molecule has 7 nitrogen and oxygen atoms in total. The highest BCUT2D eigenvalue weighted by Crippen LogP contribution is 2.37. The number of aromatic nitrogens is 4. The number of rotatable bonds is 5. The Morgan fingerprint density at radius 1 is 0.917 bits per heavy atom. The minimum absolute atomic E-state index is 0.0103. The highest BCUT2D eigenvalue weighted by molar-refractivity contribution is 8.00. The fourth-order valence-electron chi connectivity index (χ4n) is 4.59. The number of fused-ring (bicyclic) bond motifs is 3. The lowest BCUT2D eigenvalue weighted by atomic mass is 10.0. The van der Waals surface area contributed by atoms with E-state index in [1.807, 2.05) is 65.6 Å². The molecule has 1 amide bonds. The second kappa shape index (κ2) is 9.47. The molecule has 0 aliphatic carbocycles. The van der Waals surface area contributed by atoms with E-state index in [4.69, 9.17) is 4.74 Å². The summed E-state index contributed by atoms with van der Waals surface area (Å²) in [4.78, 5) is 24.5. The number of hydrogen-bond acceptors (Lipinski definition) is 6. The van der Waals surface area contributed by atoms with Gasteiger partial charge in [-0.1, -0.05) is 48.2 Å². The Kier molecular flexibility index (Phi) is 5.87. The lowest BCUT2D eigenvalue weighted by molar-refractivity contribution is -0.115. The molecule has 8 heteroatoms. The summed E-state index contributed by atoms with van der Waals surface area (Å²) in [5, 5.41) is 6.07. The van der Waals surface area contributed by atoms with Gasteiger partial charge in [0, 0.05) is 0 Å². The van der Waals surface area contributed by atoms with Gasteiger partial charge in [-0.3, -0.25) is 9.69 Å². The number of aryl methyl sites for hydroxylation is 2. The van der Waals surface area contributed by atoms with Crippen molar-refractivity contribution in [2.75, 3.05) is 17.8 Å². The Balaban J connectivity index is 1.30. The zero-order valence-electron chi connectivity index (χ0n) is 19.7. The molecule has 1 aliphatic rings. The number of carbonyl (C=O) groups is 1. The van der Waals surface area contributed by atoms with Crippen LogP contribution in [0.3, 0.4) is 0 Å². The van der Waals surface area contributed by atoms with Gasteiger partial charge >= 0.3 is 0 Å². The molecular formula is C28H23N5O2S. The van der Waals surface area contributed by atoms with E-state index in [1.54, 1.807) is 18.0 Å². The summed E-state index contributed by atoms with van der Waals surface area (Å²) in [6, 6.07) is 23.9. The number of benzene rings is 3. The molecule has 0 saturated heterocycles. The Hall–Kier alpha value is -4.17. The number of thioether (sulfide) groups is 1. The van der Waals surface area contributed by atoms with Gasteiger partial charge in [0.05, 0.1) is 41.5 Å². The fourth-order valence-corrected chi connectivity index (χ4v) is 5.40. The third-order valence-electron chi connectivity index (χ3n) is 6.36. The molecule has 3 heterocycles. The van der Waals surface area contributed by atoms with Crippen LogP contribution in [0.25, 0.3) is 16.7 Å². The van der Waals surface area contributed by atoms with E-state index in [1.165, 1.54) is 29.2 Å². The minimum Gasteiger partial charge on any atom is -0.497 e. The lowest BCUT2D eigenvalue weighted by Crippen LogP contribution is -2.28. The van der Waals surface area contributed by atoms with Crippen LogP contribution in [0.2, 0.25) is 0 Å². The van der Waals surface area contributed by atoms with Gasteiger partial charge in [0.25, 0.3) is 0 Å². The minimum atomic E-state index is 0.0103. The lowest BCUT2D eigenvalue weighted by Gasteiger charge is -2.24. The van der Waals surface area contributed by atoms with E-state index < -0.39 is 0 Å². The van der Waals surface area contributed by atoms with Crippen molar-refractivity contribution in [3.8, 4) is 11.4 Å². The second-order valence-corrected chi connectivity index (χ2v) is 9.41. The first-order valence-corrected chi connectivity index (χ1v) is 12.7. The van der Waals surface area contributed by atoms with E-state index in [2.05, 4.69) is 27.2 Å². The summed E-state index contributed by atoms with van der Waals surface area (Å²) >= 11 is 1.41. The molecule has 36 heavy (non-hydrogen) atoms. The van der Waals surface area contributed by atoms with Gasteiger partial charge in [-0.25, -0.2) is 14.6 Å². The number of carbonyl (C=O) groups excluding carboxylic acids is 1. The van der Waals surface area contributed by atoms with Crippen LogP contribution in [-0.2, 0) is 17.6 Å². The fraction of sp³-hybridized carbons (Fsp3) is 0.143. The van der Waals surface area contributed by atoms with Crippen molar-refractivity contribution < 1.29 is 9.53 Å². The van der Waals surface area contributed by atoms with Crippen LogP contribution >= 0.6 is 11.8 Å². The van der Waals surface area contributed by atoms with Crippen molar-refractivity contribution >= 4 is 40.1 Å². The maximum atomic E-state index is 13.7. The molecule has 0 unspecified atom stereocenters. The molecule has 1 aliphatic heterocycles. The summed E-state index contributed by atoms with van der Waals surface area (Å²) in [5.41, 5.74) is 5.82. The predicted molar refractivity (Wildman–Crippen MR) is 141 cm³/mol. The highest BCUT2D eigenvalue weighted by atomic mass is 32.2. The van der Waals surface area contributed by atoms with Crippen LogP contribution in [0.1, 0.15) is 11.1 Å². The largest absolute Gasteiger partial charge is 0.497 e. The monoisotopic (exact) mass is 493 g/mol. The van der Waals surface area contributed by atoms with Gasteiger partial charge in [0.15, 0.2) is 5.65 Å². The van der Waals surface area contributed by atoms with Crippen LogP contribution in [0.15, 0.2) is 90.3 Å². The van der Waals surface area contributed by atoms with Crippen molar-refractivity contribution in [3.63, 3.8) is 0 Å². The van der Waals surface area contributed by atoms with Crippen molar-refractivity contribution in [1.29, 1.82) is 0 Å². The van der Waals surface area contributed by atoms with Gasteiger partial charge in [-0.15, -0.1) is 0 Å². The number of methoxy groups -OCH3 is 1. The number of anilines is 2. The van der Waals surface area contributed by atoms with E-state index >= 15 is 0 Å². The topological polar surface area (TPSA) is 73.1 Å². The molecule has 178 valence electrons. The van der Waals surface area contributed by atoms with Crippen molar-refractivity contribution in [2.24, 2.45) is 0 Å². The Morgan fingerprint density at radius 2 is 1.58 bits per heavy atom. The summed E-state index contributed by atoms with van der Waals surface area (Å²) in [7, 11) is 1.64. The quantitative estimate of drug-likeness (QED) is 0.242. The van der Waals surface area contributed by atoms with Crippen LogP contribution in [0, 0.1) is 0 Å². The molecule has 2 aromatic heterocycles. The van der Waals surface area contributed by atoms with Gasteiger partial charge in [0.2, 0.25) is 5.91 Å². The second-order valence-electron chi connectivity index (χ2n) is 8.45. The summed E-state index contributed by atoms with van der Waals surface area (Å²) in [6.07, 6.45) is 5.08. The maximum Gasteiger partial charge on any atom is 0.241 e. The average Bonchev–Trinajstić information content (AvgIpc) is 3.29. The molecule has 0 N–H and O–H groups in total. The van der Waals surface area contributed by atoms with Gasteiger partial charge in [-0.2, -0.15) is 5.10 Å². The predicted octanol–water partition coefficient (Wildman–Crippen LogP) is 5.38. The van der Waals surface area contributed by atoms with E-state index in [0.29, 0.717) is 5.65 Å². The summed E-state index contributed by atoms with van der Waals surface area (Å²) in [5.74, 6) is 1.02. The normalized spacial score (nSPS) is 12.6. The molecule has 0 fully saturated rings. The first-order valence-electron chi connectivity index (χ1n) is 11.7. The molecule has 3 aromatic carbocycles. The van der Waals surface area contributed by atoms with Gasteiger partial charge in [-0.05, 0) is 60.4 Å². The van der Waals surface area contributed by atoms with Crippen LogP contribution < -0.4 is 9.64 Å². The smallest absolute Gasteiger partial charge is 0.241 e. The first-order chi connectivity index (χ1) is 17.7. The van der Waals surface area contributed by atoms with Crippen molar-refractivity contribution in [1.82, 2.24) is 19.7 Å². The van der Waals surface area contributed by atoms with Crippen LogP contribution in [0.4, 0.5) is 11.4 Å². The molecule has 0 spiro atoms. The number of nitrogens with zero attached hydrogens (tertiary/aromatic N) is 5. The summed E-state index contributed by atoms with van der Waals surface area (Å²) in [6.45, 7) is 0. The molecule has 0 atom stereocenters. The number of para-hydroxylation sites is 2. The van der Waals surface area contributed by atoms with Crippen LogP contribution in [-0.4, -0.2) is 38.5 Å². The number of amides is 1. The zero-order valence-corrected chi connectivity index (χ0v) is 20.5. The third kappa shape index (κ3) is 3.99. The Labute approximate surface area is 212 Å². The summed E-state index contributed by atoms with van der Waals surface area (Å²) < 4.78 is 7.02. The zero-order chi connectivity index (χ0) is 24.5. The highest BCUT2D eigenvalue weighted by Gasteiger charge is 2.26. The van der Waals surface area contributed by atoms with Crippen molar-refractivity contribution in [2.45, 2.75) is 17.9 Å². The molecule has 0 bridgehead atoms. The van der Waals surface area contributed by atoms with E-state index in [9.17, 15) is 4.79 Å². The maximum absolute atomic E-state index is 13.7. The van der Waals surface area contributed by atoms with E-state index in [-0.39, 0.29) is 11.7 Å². The first kappa shape index (κ1) is 22.3. The molecular weight excluding hydrogens is 470 g/mol. The third-order valence-corrected chi connectivity index (χ3v) is 7.35. The number of ether oxygens (including phenoxy) is 1. The average molecular weight is 494 g/mol. The Bertz CT molecular complexity index is 1520. The molecule has 0 saturated carbocycles. The Morgan fingerprint density at radius 3 is 2.25 bits per heavy atom. The van der Waals surface area contributed by atoms with Gasteiger partial charge < -0.3 is 4.74 Å². The number of hydrogen-bond donors (Lipinski definition) is 0. The molecule has 5 aromatic rings. The van der Waals surface area contributed by atoms with E-state index in [0.717, 1.165) is 46.1 Å². The van der Waals surface area contributed by atoms with Crippen molar-refractivity contribution in [3.05, 3.63) is 96.4 Å². The molecule has 6 rings (SSSR count). The van der Waals surface area contributed by atoms with Gasteiger partial charge in [0.1, 0.15) is 17.1 Å². The molecule has 0 radical (unpaired) electrons. The SMILES string of the molecule is COc1ccc(-n2ncc3c(SCC(=O)N4c5ccccc5CCc5ccccc54)ncnc32)cc1. The van der Waals surface area contributed by atoms with Crippen LogP contribution in [0.5, 0.6) is 5.75 Å². The standard InChI is InChI=1S/C28H23N5O2S/c1-35-22-14-12-21(13-15-22)33-27-23(16-31-33)28(30-18-29-27)36-17-26(34)32-24-8-4-2-6-19(24)10-11-20-7-3-5-9-25(20)32/h2-9,12-16,18H,10-11,17H2,1H3.